The van der Waals surface area contributed by atoms with Crippen molar-refractivity contribution in [3.8, 4) is 0 Å². The first-order chi connectivity index (χ1) is 12.4. The summed E-state index contributed by atoms with van der Waals surface area (Å²) in [6.45, 7) is 2.35. The minimum Gasteiger partial charge on any atom is -0.348 e. The third-order valence-electron chi connectivity index (χ3n) is 4.43. The van der Waals surface area contributed by atoms with E-state index in [9.17, 15) is 18.0 Å². The lowest BCUT2D eigenvalue weighted by Crippen LogP contribution is -2.47. The lowest BCUT2D eigenvalue weighted by atomic mass is 10.0. The number of halogens is 3. The van der Waals surface area contributed by atoms with Gasteiger partial charge >= 0.3 is 6.18 Å². The Morgan fingerprint density at radius 1 is 1.19 bits per heavy atom. The predicted molar refractivity (Wildman–Crippen MR) is 91.4 cm³/mol. The lowest BCUT2D eigenvalue weighted by Gasteiger charge is -2.32. The number of carbonyl (C=O) groups excluding carboxylic acids is 1. The summed E-state index contributed by atoms with van der Waals surface area (Å²) in [6.07, 6.45) is -0.844. The van der Waals surface area contributed by atoms with Crippen molar-refractivity contribution >= 4 is 5.91 Å². The molecule has 1 amide bonds. The van der Waals surface area contributed by atoms with Gasteiger partial charge < -0.3 is 5.32 Å². The van der Waals surface area contributed by atoms with Crippen molar-refractivity contribution in [1.82, 2.24) is 15.2 Å². The Kier molecular flexibility index (Phi) is 5.56. The highest BCUT2D eigenvalue weighted by atomic mass is 19.4. The molecule has 4 nitrogen and oxygen atoms in total. The number of hydrogen-bond donors (Lipinski definition) is 1. The molecule has 0 saturated carbocycles. The van der Waals surface area contributed by atoms with Crippen molar-refractivity contribution in [3.05, 3.63) is 65.5 Å². The lowest BCUT2D eigenvalue weighted by molar-refractivity contribution is -0.137. The number of piperidine rings is 1. The Morgan fingerprint density at radius 2 is 1.96 bits per heavy atom. The molecule has 2 aromatic rings. The molecule has 7 heteroatoms. The molecule has 2 heterocycles. The Hall–Kier alpha value is -2.41. The van der Waals surface area contributed by atoms with Gasteiger partial charge in [-0.2, -0.15) is 13.2 Å². The first-order valence-electron chi connectivity index (χ1n) is 8.52. The summed E-state index contributed by atoms with van der Waals surface area (Å²) in [4.78, 5) is 18.9. The number of likely N-dealkylation sites (tertiary alicyclic amines) is 1. The van der Waals surface area contributed by atoms with Crippen molar-refractivity contribution in [2.75, 3.05) is 13.1 Å². The van der Waals surface area contributed by atoms with Crippen LogP contribution in [0.4, 0.5) is 13.2 Å². The zero-order valence-electron chi connectivity index (χ0n) is 14.2. The number of aromatic nitrogens is 1. The Bertz CT molecular complexity index is 732. The van der Waals surface area contributed by atoms with Gasteiger partial charge in [-0.15, -0.1) is 0 Å². The molecule has 1 atom stereocenters. The van der Waals surface area contributed by atoms with E-state index in [2.05, 4.69) is 15.2 Å². The van der Waals surface area contributed by atoms with Gasteiger partial charge in [-0.3, -0.25) is 14.7 Å². The highest BCUT2D eigenvalue weighted by Gasteiger charge is 2.30. The van der Waals surface area contributed by atoms with Gasteiger partial charge in [0.05, 0.1) is 11.3 Å². The third-order valence-corrected chi connectivity index (χ3v) is 4.43. The summed E-state index contributed by atoms with van der Waals surface area (Å²) in [6, 6.07) is 10.0. The van der Waals surface area contributed by atoms with Crippen LogP contribution in [0.1, 0.15) is 34.5 Å². The van der Waals surface area contributed by atoms with Gasteiger partial charge in [-0.1, -0.05) is 6.07 Å². The molecule has 138 valence electrons. The molecule has 1 aliphatic heterocycles. The maximum absolute atomic E-state index is 12.6. The summed E-state index contributed by atoms with van der Waals surface area (Å²) in [5.74, 6) is -0.344. The van der Waals surface area contributed by atoms with Gasteiger partial charge in [-0.05, 0) is 55.8 Å². The van der Waals surface area contributed by atoms with E-state index >= 15 is 0 Å². The quantitative estimate of drug-likeness (QED) is 0.904. The van der Waals surface area contributed by atoms with E-state index in [0.29, 0.717) is 13.1 Å². The summed E-state index contributed by atoms with van der Waals surface area (Å²) in [5.41, 5.74) is 0.454. The largest absolute Gasteiger partial charge is 0.416 e. The van der Waals surface area contributed by atoms with Crippen LogP contribution >= 0.6 is 0 Å². The van der Waals surface area contributed by atoms with Crippen molar-refractivity contribution < 1.29 is 18.0 Å². The summed E-state index contributed by atoms with van der Waals surface area (Å²) in [5, 5.41) is 2.93. The zero-order valence-corrected chi connectivity index (χ0v) is 14.2. The predicted octanol–water partition coefficient (Wildman–Crippen LogP) is 3.49. The summed E-state index contributed by atoms with van der Waals surface area (Å²) < 4.78 is 37.8. The van der Waals surface area contributed by atoms with E-state index in [1.165, 1.54) is 12.1 Å². The highest BCUT2D eigenvalue weighted by molar-refractivity contribution is 5.94. The average molecular weight is 363 g/mol. The molecule has 1 aromatic carbocycles. The molecule has 0 bridgehead atoms. The molecule has 0 aliphatic carbocycles. The Labute approximate surface area is 150 Å². The Morgan fingerprint density at radius 3 is 2.62 bits per heavy atom. The van der Waals surface area contributed by atoms with Crippen LogP contribution in [0.5, 0.6) is 0 Å². The van der Waals surface area contributed by atoms with Crippen LogP contribution in [0.15, 0.2) is 48.7 Å². The van der Waals surface area contributed by atoms with Crippen LogP contribution in [-0.4, -0.2) is 34.9 Å². The molecule has 1 aliphatic rings. The van der Waals surface area contributed by atoms with Crippen LogP contribution in [0.2, 0.25) is 0 Å². The average Bonchev–Trinajstić information content (AvgIpc) is 2.62. The van der Waals surface area contributed by atoms with Crippen molar-refractivity contribution in [1.29, 1.82) is 0 Å². The number of nitrogens with zero attached hydrogens (tertiary/aromatic N) is 2. The number of alkyl halides is 3. The fourth-order valence-corrected chi connectivity index (χ4v) is 3.12. The molecule has 1 N–H and O–H groups in total. The van der Waals surface area contributed by atoms with Crippen LogP contribution in [-0.2, 0) is 12.7 Å². The standard InChI is InChI=1S/C19H20F3N3O/c20-19(21,22)15-8-6-14(7-9-15)18(26)24-17-5-3-11-25(13-17)12-16-4-1-2-10-23-16/h1-2,4,6-10,17H,3,5,11-13H2,(H,24,26)/t17-/m0/s1. The summed E-state index contributed by atoms with van der Waals surface area (Å²) >= 11 is 0. The van der Waals surface area contributed by atoms with E-state index in [1.807, 2.05) is 18.2 Å². The Balaban J connectivity index is 1.57. The second-order valence-corrected chi connectivity index (χ2v) is 6.44. The smallest absolute Gasteiger partial charge is 0.348 e. The monoisotopic (exact) mass is 363 g/mol. The maximum atomic E-state index is 12.6. The van der Waals surface area contributed by atoms with Gasteiger partial charge in [0.1, 0.15) is 0 Å². The van der Waals surface area contributed by atoms with Crippen molar-refractivity contribution in [2.24, 2.45) is 0 Å². The fraction of sp³-hybridized carbons (Fsp3) is 0.368. The van der Waals surface area contributed by atoms with Gasteiger partial charge in [0.15, 0.2) is 0 Å². The van der Waals surface area contributed by atoms with Gasteiger partial charge in [0.2, 0.25) is 0 Å². The maximum Gasteiger partial charge on any atom is 0.416 e. The number of rotatable bonds is 4. The first kappa shape index (κ1) is 18.4. The molecule has 1 aromatic heterocycles. The summed E-state index contributed by atoms with van der Waals surface area (Å²) in [7, 11) is 0. The molecular formula is C19H20F3N3O. The van der Waals surface area contributed by atoms with Crippen LogP contribution in [0.3, 0.4) is 0 Å². The number of hydrogen-bond acceptors (Lipinski definition) is 3. The SMILES string of the molecule is O=C(N[C@H]1CCCN(Cc2ccccn2)C1)c1ccc(C(F)(F)F)cc1. The molecule has 0 spiro atoms. The highest BCUT2D eigenvalue weighted by Crippen LogP contribution is 2.29. The minimum absolute atomic E-state index is 0.0257. The molecule has 1 saturated heterocycles. The molecular weight excluding hydrogens is 343 g/mol. The molecule has 26 heavy (non-hydrogen) atoms. The third kappa shape index (κ3) is 4.82. The molecule has 0 radical (unpaired) electrons. The zero-order chi connectivity index (χ0) is 18.6. The topological polar surface area (TPSA) is 45.2 Å². The second-order valence-electron chi connectivity index (χ2n) is 6.44. The molecule has 1 fully saturated rings. The van der Waals surface area contributed by atoms with E-state index in [4.69, 9.17) is 0 Å². The number of benzene rings is 1. The number of nitrogens with one attached hydrogen (secondary N) is 1. The van der Waals surface area contributed by atoms with Crippen LogP contribution in [0.25, 0.3) is 0 Å². The number of amides is 1. The first-order valence-corrected chi connectivity index (χ1v) is 8.52. The van der Waals surface area contributed by atoms with Crippen LogP contribution < -0.4 is 5.32 Å². The number of pyridine rings is 1. The normalized spacial score (nSPS) is 18.5. The van der Waals surface area contributed by atoms with Crippen LogP contribution in [0, 0.1) is 0 Å². The van der Waals surface area contributed by atoms with Gasteiger partial charge in [0.25, 0.3) is 5.91 Å². The fourth-order valence-electron chi connectivity index (χ4n) is 3.12. The van der Waals surface area contributed by atoms with Gasteiger partial charge in [-0.25, -0.2) is 0 Å². The molecule has 0 unspecified atom stereocenters. The van der Waals surface area contributed by atoms with E-state index < -0.39 is 11.7 Å². The number of carbonyl (C=O) groups is 1. The van der Waals surface area contributed by atoms with Gasteiger partial charge in [0, 0.05) is 30.9 Å². The van der Waals surface area contributed by atoms with E-state index in [1.54, 1.807) is 6.20 Å². The second kappa shape index (κ2) is 7.86. The van der Waals surface area contributed by atoms with E-state index in [0.717, 1.165) is 37.2 Å². The minimum atomic E-state index is -4.40. The van der Waals surface area contributed by atoms with Crippen molar-refractivity contribution in [2.45, 2.75) is 31.6 Å². The van der Waals surface area contributed by atoms with Crippen molar-refractivity contribution in [3.63, 3.8) is 0 Å². The van der Waals surface area contributed by atoms with E-state index in [-0.39, 0.29) is 17.5 Å². The molecule has 3 rings (SSSR count).